The van der Waals surface area contributed by atoms with Crippen molar-refractivity contribution < 1.29 is 24.2 Å². The number of carboxylic acid groups (broad SMARTS) is 1. The van der Waals surface area contributed by atoms with Crippen LogP contribution in [0.2, 0.25) is 0 Å². The standard InChI is InChI=1S/C22H21NO5S2/c1-3-4-10-28-17-9-8-14(11-18(17)27-2)12-19-20(24)23(22(29)30-19)16-7-5-6-15(13-16)21(25)26/h5-9,11-13H,3-4,10H2,1-2H3,(H,25,26)/b19-12+. The zero-order chi connectivity index (χ0) is 21.7. The highest BCUT2D eigenvalue weighted by atomic mass is 32.2. The van der Waals surface area contributed by atoms with Crippen molar-refractivity contribution in [1.82, 2.24) is 0 Å². The molecule has 0 saturated carbocycles. The Morgan fingerprint density at radius 1 is 1.23 bits per heavy atom. The first-order chi connectivity index (χ1) is 14.4. The normalized spacial score (nSPS) is 15.0. The van der Waals surface area contributed by atoms with Crippen LogP contribution in [-0.4, -0.2) is 35.0 Å². The maximum atomic E-state index is 12.9. The van der Waals surface area contributed by atoms with Crippen LogP contribution in [-0.2, 0) is 4.79 Å². The zero-order valence-electron chi connectivity index (χ0n) is 16.6. The molecule has 0 spiro atoms. The predicted octanol–water partition coefficient (Wildman–Crippen LogP) is 4.98. The fraction of sp³-hybridized carbons (Fsp3) is 0.227. The molecule has 156 valence electrons. The molecule has 1 fully saturated rings. The van der Waals surface area contributed by atoms with E-state index in [9.17, 15) is 14.7 Å². The molecule has 6 nitrogen and oxygen atoms in total. The second kappa shape index (κ2) is 9.77. The number of carbonyl (C=O) groups excluding carboxylic acids is 1. The van der Waals surface area contributed by atoms with E-state index in [4.69, 9.17) is 21.7 Å². The second-order valence-electron chi connectivity index (χ2n) is 6.48. The third-order valence-electron chi connectivity index (χ3n) is 4.39. The van der Waals surface area contributed by atoms with E-state index < -0.39 is 5.97 Å². The SMILES string of the molecule is CCCCOc1ccc(/C=C2/SC(=S)N(c3cccc(C(=O)O)c3)C2=O)cc1OC. The van der Waals surface area contributed by atoms with E-state index in [1.807, 2.05) is 12.1 Å². The van der Waals surface area contributed by atoms with Crippen LogP contribution >= 0.6 is 24.0 Å². The second-order valence-corrected chi connectivity index (χ2v) is 8.16. The molecule has 0 atom stereocenters. The molecule has 2 aromatic carbocycles. The van der Waals surface area contributed by atoms with Crippen molar-refractivity contribution >= 4 is 51.9 Å². The average Bonchev–Trinajstić information content (AvgIpc) is 3.02. The molecule has 1 aliphatic rings. The van der Waals surface area contributed by atoms with Gasteiger partial charge in [-0.05, 0) is 48.4 Å². The lowest BCUT2D eigenvalue weighted by Crippen LogP contribution is -2.27. The summed E-state index contributed by atoms with van der Waals surface area (Å²) in [6, 6.07) is 11.6. The molecule has 0 unspecified atom stereocenters. The third kappa shape index (κ3) is 4.83. The number of hydrogen-bond donors (Lipinski definition) is 1. The van der Waals surface area contributed by atoms with Crippen LogP contribution in [0.25, 0.3) is 6.08 Å². The van der Waals surface area contributed by atoms with E-state index in [1.54, 1.807) is 31.4 Å². The van der Waals surface area contributed by atoms with Crippen molar-refractivity contribution in [2.75, 3.05) is 18.6 Å². The van der Waals surface area contributed by atoms with Gasteiger partial charge in [-0.1, -0.05) is 49.5 Å². The van der Waals surface area contributed by atoms with Gasteiger partial charge in [-0.3, -0.25) is 9.69 Å². The first-order valence-corrected chi connectivity index (χ1v) is 10.6. The minimum absolute atomic E-state index is 0.0916. The molecule has 2 aromatic rings. The van der Waals surface area contributed by atoms with Gasteiger partial charge in [0.25, 0.3) is 5.91 Å². The van der Waals surface area contributed by atoms with Gasteiger partial charge in [0.05, 0.1) is 29.9 Å². The number of ether oxygens (including phenoxy) is 2. The topological polar surface area (TPSA) is 76.1 Å². The maximum Gasteiger partial charge on any atom is 0.335 e. The van der Waals surface area contributed by atoms with E-state index in [1.165, 1.54) is 28.8 Å². The van der Waals surface area contributed by atoms with Crippen molar-refractivity contribution in [3.8, 4) is 11.5 Å². The van der Waals surface area contributed by atoms with Gasteiger partial charge in [0, 0.05) is 0 Å². The Hall–Kier alpha value is -2.84. The summed E-state index contributed by atoms with van der Waals surface area (Å²) in [4.78, 5) is 26.0. The number of amides is 1. The third-order valence-corrected chi connectivity index (χ3v) is 5.69. The average molecular weight is 444 g/mol. The molecule has 1 saturated heterocycles. The number of rotatable bonds is 8. The zero-order valence-corrected chi connectivity index (χ0v) is 18.2. The van der Waals surface area contributed by atoms with Crippen molar-refractivity contribution in [2.45, 2.75) is 19.8 Å². The molecule has 1 heterocycles. The molecule has 3 rings (SSSR count). The van der Waals surface area contributed by atoms with Crippen molar-refractivity contribution in [3.05, 3.63) is 58.5 Å². The Bertz CT molecular complexity index is 1020. The van der Waals surface area contributed by atoms with Crippen molar-refractivity contribution in [2.24, 2.45) is 0 Å². The van der Waals surface area contributed by atoms with Gasteiger partial charge in [-0.25, -0.2) is 4.79 Å². The molecular weight excluding hydrogens is 422 g/mol. The van der Waals surface area contributed by atoms with Gasteiger partial charge in [0.15, 0.2) is 15.8 Å². The highest BCUT2D eigenvalue weighted by molar-refractivity contribution is 8.27. The number of unbranched alkanes of at least 4 members (excludes halogenated alkanes) is 1. The molecule has 1 amide bonds. The summed E-state index contributed by atoms with van der Waals surface area (Å²) in [5.41, 5.74) is 1.29. The van der Waals surface area contributed by atoms with Gasteiger partial charge < -0.3 is 14.6 Å². The molecule has 0 aromatic heterocycles. The fourth-order valence-corrected chi connectivity index (χ4v) is 4.14. The number of benzene rings is 2. The largest absolute Gasteiger partial charge is 0.493 e. The Morgan fingerprint density at radius 2 is 2.03 bits per heavy atom. The molecule has 30 heavy (non-hydrogen) atoms. The number of carbonyl (C=O) groups is 2. The Kier molecular flexibility index (Phi) is 7.12. The van der Waals surface area contributed by atoms with E-state index in [0.717, 1.165) is 18.4 Å². The molecular formula is C22H21NO5S2. The van der Waals surface area contributed by atoms with E-state index in [0.29, 0.717) is 33.0 Å². The Morgan fingerprint density at radius 3 is 2.73 bits per heavy atom. The number of methoxy groups -OCH3 is 1. The van der Waals surface area contributed by atoms with Crippen LogP contribution < -0.4 is 14.4 Å². The molecule has 1 N–H and O–H groups in total. The molecule has 0 aliphatic carbocycles. The van der Waals surface area contributed by atoms with Gasteiger partial charge in [0.1, 0.15) is 0 Å². The maximum absolute atomic E-state index is 12.9. The summed E-state index contributed by atoms with van der Waals surface area (Å²) in [7, 11) is 1.57. The number of aromatic carboxylic acids is 1. The number of thioether (sulfide) groups is 1. The Balaban J connectivity index is 1.85. The first-order valence-electron chi connectivity index (χ1n) is 9.36. The van der Waals surface area contributed by atoms with Crippen LogP contribution in [0.3, 0.4) is 0 Å². The summed E-state index contributed by atoms with van der Waals surface area (Å²) < 4.78 is 11.5. The van der Waals surface area contributed by atoms with E-state index >= 15 is 0 Å². The lowest BCUT2D eigenvalue weighted by molar-refractivity contribution is -0.113. The number of hydrogen-bond acceptors (Lipinski definition) is 6. The van der Waals surface area contributed by atoms with Crippen LogP contribution in [0.15, 0.2) is 47.4 Å². The minimum Gasteiger partial charge on any atom is -0.493 e. The summed E-state index contributed by atoms with van der Waals surface area (Å²) in [6.07, 6.45) is 3.73. The lowest BCUT2D eigenvalue weighted by atomic mass is 10.1. The summed E-state index contributed by atoms with van der Waals surface area (Å²) in [5, 5.41) is 9.20. The highest BCUT2D eigenvalue weighted by Crippen LogP contribution is 2.37. The van der Waals surface area contributed by atoms with E-state index in [2.05, 4.69) is 6.92 Å². The number of carboxylic acids is 1. The van der Waals surface area contributed by atoms with Gasteiger partial charge >= 0.3 is 5.97 Å². The van der Waals surface area contributed by atoms with Crippen LogP contribution in [0.4, 0.5) is 5.69 Å². The van der Waals surface area contributed by atoms with E-state index in [-0.39, 0.29) is 11.5 Å². The van der Waals surface area contributed by atoms with Gasteiger partial charge in [-0.2, -0.15) is 0 Å². The smallest absolute Gasteiger partial charge is 0.335 e. The van der Waals surface area contributed by atoms with Crippen molar-refractivity contribution in [3.63, 3.8) is 0 Å². The first kappa shape index (κ1) is 21.9. The van der Waals surface area contributed by atoms with Crippen LogP contribution in [0.5, 0.6) is 11.5 Å². The molecule has 1 aliphatic heterocycles. The van der Waals surface area contributed by atoms with Gasteiger partial charge in [0.2, 0.25) is 0 Å². The predicted molar refractivity (Wildman–Crippen MR) is 122 cm³/mol. The molecule has 0 bridgehead atoms. The lowest BCUT2D eigenvalue weighted by Gasteiger charge is -2.14. The quantitative estimate of drug-likeness (QED) is 0.350. The number of nitrogens with zero attached hydrogens (tertiary/aromatic N) is 1. The highest BCUT2D eigenvalue weighted by Gasteiger charge is 2.33. The van der Waals surface area contributed by atoms with Crippen LogP contribution in [0, 0.1) is 0 Å². The fourth-order valence-electron chi connectivity index (χ4n) is 2.84. The minimum atomic E-state index is -1.06. The summed E-state index contributed by atoms with van der Waals surface area (Å²) in [6.45, 7) is 2.71. The van der Waals surface area contributed by atoms with Crippen molar-refractivity contribution in [1.29, 1.82) is 0 Å². The summed E-state index contributed by atoms with van der Waals surface area (Å²) >= 11 is 6.54. The molecule has 0 radical (unpaired) electrons. The number of thiocarbonyl (C=S) groups is 1. The number of anilines is 1. The monoisotopic (exact) mass is 443 g/mol. The summed E-state index contributed by atoms with van der Waals surface area (Å²) in [5.74, 6) is -0.119. The Labute approximate surface area is 184 Å². The molecule has 8 heteroatoms. The van der Waals surface area contributed by atoms with Gasteiger partial charge in [-0.15, -0.1) is 0 Å². The van der Waals surface area contributed by atoms with Crippen LogP contribution in [0.1, 0.15) is 35.7 Å².